The number of nitrogens with one attached hydrogen (secondary N) is 1. The van der Waals surface area contributed by atoms with Crippen LogP contribution < -0.4 is 10.1 Å². The first kappa shape index (κ1) is 18.3. The Labute approximate surface area is 166 Å². The Balaban J connectivity index is 1.94. The van der Waals surface area contributed by atoms with E-state index >= 15 is 0 Å². The second-order valence-corrected chi connectivity index (χ2v) is 6.72. The number of carbonyl (C=O) groups is 2. The SMILES string of the molecule is COc1cccc(-n2cc(C(=O)O)c3c2C(c2ccc(C#N)cc2)CC(=O)N3)c1. The molecule has 2 heterocycles. The van der Waals surface area contributed by atoms with E-state index in [-0.39, 0.29) is 23.8 Å². The summed E-state index contributed by atoms with van der Waals surface area (Å²) in [7, 11) is 1.56. The number of nitrogens with zero attached hydrogens (tertiary/aromatic N) is 2. The largest absolute Gasteiger partial charge is 0.497 e. The third-order valence-corrected chi connectivity index (χ3v) is 5.03. The van der Waals surface area contributed by atoms with Crippen molar-refractivity contribution in [3.63, 3.8) is 0 Å². The van der Waals surface area contributed by atoms with E-state index in [0.717, 1.165) is 11.3 Å². The number of ether oxygens (including phenoxy) is 1. The van der Waals surface area contributed by atoms with Crippen LogP contribution in [0.3, 0.4) is 0 Å². The van der Waals surface area contributed by atoms with Crippen LogP contribution in [0.1, 0.15) is 39.5 Å². The van der Waals surface area contributed by atoms with Crippen molar-refractivity contribution < 1.29 is 19.4 Å². The minimum atomic E-state index is -1.12. The molecule has 2 aromatic carbocycles. The molecule has 0 aliphatic carbocycles. The highest BCUT2D eigenvalue weighted by molar-refractivity contribution is 6.04. The second-order valence-electron chi connectivity index (χ2n) is 6.72. The van der Waals surface area contributed by atoms with Gasteiger partial charge in [0.15, 0.2) is 0 Å². The lowest BCUT2D eigenvalue weighted by atomic mass is 9.88. The van der Waals surface area contributed by atoms with Crippen LogP contribution in [0.15, 0.2) is 54.7 Å². The second kappa shape index (κ2) is 7.17. The van der Waals surface area contributed by atoms with Gasteiger partial charge in [-0.05, 0) is 29.8 Å². The normalized spacial score (nSPS) is 15.2. The van der Waals surface area contributed by atoms with E-state index in [1.165, 1.54) is 6.20 Å². The van der Waals surface area contributed by atoms with Gasteiger partial charge in [-0.15, -0.1) is 0 Å². The molecule has 1 aromatic heterocycles. The molecule has 144 valence electrons. The number of carboxylic acids is 1. The fourth-order valence-electron chi connectivity index (χ4n) is 3.67. The number of fused-ring (bicyclic) bond motifs is 1. The summed E-state index contributed by atoms with van der Waals surface area (Å²) in [4.78, 5) is 24.2. The lowest BCUT2D eigenvalue weighted by Gasteiger charge is -2.26. The van der Waals surface area contributed by atoms with Crippen molar-refractivity contribution in [3.8, 4) is 17.5 Å². The lowest BCUT2D eigenvalue weighted by Crippen LogP contribution is -2.25. The number of nitriles is 1. The number of methoxy groups -OCH3 is 1. The van der Waals surface area contributed by atoms with Gasteiger partial charge >= 0.3 is 5.97 Å². The Hall–Kier alpha value is -4.05. The average molecular weight is 387 g/mol. The summed E-state index contributed by atoms with van der Waals surface area (Å²) >= 11 is 0. The molecule has 0 spiro atoms. The first-order chi connectivity index (χ1) is 14.0. The molecule has 4 rings (SSSR count). The summed E-state index contributed by atoms with van der Waals surface area (Å²) < 4.78 is 7.08. The van der Waals surface area contributed by atoms with E-state index in [0.29, 0.717) is 22.7 Å². The molecule has 0 saturated carbocycles. The van der Waals surface area contributed by atoms with Crippen LogP contribution >= 0.6 is 0 Å². The maximum absolute atomic E-state index is 12.4. The van der Waals surface area contributed by atoms with Crippen molar-refractivity contribution in [1.29, 1.82) is 5.26 Å². The van der Waals surface area contributed by atoms with E-state index in [4.69, 9.17) is 10.00 Å². The number of benzene rings is 2. The quantitative estimate of drug-likeness (QED) is 0.713. The van der Waals surface area contributed by atoms with Gasteiger partial charge in [0.2, 0.25) is 5.91 Å². The van der Waals surface area contributed by atoms with Gasteiger partial charge in [-0.3, -0.25) is 4.79 Å². The molecule has 0 radical (unpaired) electrons. The Morgan fingerprint density at radius 1 is 1.28 bits per heavy atom. The van der Waals surface area contributed by atoms with Gasteiger partial charge < -0.3 is 19.7 Å². The van der Waals surface area contributed by atoms with Gasteiger partial charge in [0.25, 0.3) is 0 Å². The molecule has 1 amide bonds. The molecule has 7 heteroatoms. The molecule has 3 aromatic rings. The molecule has 2 N–H and O–H groups in total. The predicted octanol–water partition coefficient (Wildman–Crippen LogP) is 3.53. The first-order valence-electron chi connectivity index (χ1n) is 8.94. The zero-order valence-electron chi connectivity index (χ0n) is 15.5. The summed E-state index contributed by atoms with van der Waals surface area (Å²) in [5.41, 5.74) is 3.08. The molecule has 1 aliphatic heterocycles. The van der Waals surface area contributed by atoms with Crippen molar-refractivity contribution in [1.82, 2.24) is 4.57 Å². The summed E-state index contributed by atoms with van der Waals surface area (Å²) in [6.07, 6.45) is 1.69. The topological polar surface area (TPSA) is 104 Å². The highest BCUT2D eigenvalue weighted by atomic mass is 16.5. The molecular formula is C22H17N3O4. The number of anilines is 1. The van der Waals surface area contributed by atoms with Crippen molar-refractivity contribution >= 4 is 17.6 Å². The van der Waals surface area contributed by atoms with Gasteiger partial charge in [0, 0.05) is 30.3 Å². The van der Waals surface area contributed by atoms with Crippen LogP contribution in [0.25, 0.3) is 5.69 Å². The maximum Gasteiger partial charge on any atom is 0.339 e. The summed E-state index contributed by atoms with van der Waals surface area (Å²) in [5, 5.41) is 21.5. The maximum atomic E-state index is 12.4. The standard InChI is InChI=1S/C22H17N3O4/c1-29-16-4-2-3-15(9-16)25-12-18(22(27)28)20-21(25)17(10-19(26)24-20)14-7-5-13(11-23)6-8-14/h2-9,12,17H,10H2,1H3,(H,24,26)(H,27,28). The van der Waals surface area contributed by atoms with Crippen LogP contribution in [0.5, 0.6) is 5.75 Å². The molecular weight excluding hydrogens is 370 g/mol. The summed E-state index contributed by atoms with van der Waals surface area (Å²) in [6.45, 7) is 0. The number of aromatic carboxylic acids is 1. The Morgan fingerprint density at radius 3 is 2.69 bits per heavy atom. The third-order valence-electron chi connectivity index (χ3n) is 5.03. The van der Waals surface area contributed by atoms with Gasteiger partial charge in [-0.1, -0.05) is 18.2 Å². The van der Waals surface area contributed by atoms with E-state index in [9.17, 15) is 14.7 Å². The highest BCUT2D eigenvalue weighted by Gasteiger charge is 2.34. The number of carbonyl (C=O) groups excluding carboxylic acids is 1. The van der Waals surface area contributed by atoms with Crippen LogP contribution in [-0.2, 0) is 4.79 Å². The third kappa shape index (κ3) is 3.21. The first-order valence-corrected chi connectivity index (χ1v) is 8.94. The molecule has 0 saturated heterocycles. The smallest absolute Gasteiger partial charge is 0.339 e. The zero-order valence-corrected chi connectivity index (χ0v) is 15.5. The summed E-state index contributed by atoms with van der Waals surface area (Å²) in [5.74, 6) is -1.09. The van der Waals surface area contributed by atoms with Crippen molar-refractivity contribution in [2.75, 3.05) is 12.4 Å². The summed E-state index contributed by atoms with van der Waals surface area (Å²) in [6, 6.07) is 16.3. The predicted molar refractivity (Wildman–Crippen MR) is 106 cm³/mol. The van der Waals surface area contributed by atoms with Gasteiger partial charge in [-0.2, -0.15) is 5.26 Å². The number of hydrogen-bond donors (Lipinski definition) is 2. The molecule has 29 heavy (non-hydrogen) atoms. The van der Waals surface area contributed by atoms with Crippen LogP contribution in [-0.4, -0.2) is 28.7 Å². The molecule has 7 nitrogen and oxygen atoms in total. The monoisotopic (exact) mass is 387 g/mol. The fraction of sp³-hybridized carbons (Fsp3) is 0.136. The van der Waals surface area contributed by atoms with Gasteiger partial charge in [0.1, 0.15) is 11.3 Å². The molecule has 0 fully saturated rings. The fourth-order valence-corrected chi connectivity index (χ4v) is 3.67. The van der Waals surface area contributed by atoms with Crippen molar-refractivity contribution in [2.45, 2.75) is 12.3 Å². The Kier molecular flexibility index (Phi) is 4.53. The van der Waals surface area contributed by atoms with E-state index in [1.54, 1.807) is 48.1 Å². The van der Waals surface area contributed by atoms with E-state index in [2.05, 4.69) is 11.4 Å². The Bertz CT molecular complexity index is 1160. The minimum absolute atomic E-state index is 0.0227. The number of rotatable bonds is 4. The van der Waals surface area contributed by atoms with Crippen molar-refractivity contribution in [2.24, 2.45) is 0 Å². The van der Waals surface area contributed by atoms with E-state index < -0.39 is 5.97 Å². The highest BCUT2D eigenvalue weighted by Crippen LogP contribution is 2.41. The minimum Gasteiger partial charge on any atom is -0.497 e. The number of amides is 1. The van der Waals surface area contributed by atoms with E-state index in [1.807, 2.05) is 12.1 Å². The molecule has 0 bridgehead atoms. The molecule has 1 aliphatic rings. The Morgan fingerprint density at radius 2 is 2.03 bits per heavy atom. The van der Waals surface area contributed by atoms with Crippen LogP contribution in [0, 0.1) is 11.3 Å². The molecule has 1 atom stereocenters. The van der Waals surface area contributed by atoms with Crippen LogP contribution in [0.4, 0.5) is 5.69 Å². The number of carboxylic acid groups (broad SMARTS) is 1. The van der Waals surface area contributed by atoms with Crippen molar-refractivity contribution in [3.05, 3.63) is 77.1 Å². The zero-order chi connectivity index (χ0) is 20.5. The number of aromatic nitrogens is 1. The van der Waals surface area contributed by atoms with Gasteiger partial charge in [-0.25, -0.2) is 4.79 Å². The molecule has 1 unspecified atom stereocenters. The average Bonchev–Trinajstić information content (AvgIpc) is 3.13. The van der Waals surface area contributed by atoms with Crippen LogP contribution in [0.2, 0.25) is 0 Å². The van der Waals surface area contributed by atoms with Gasteiger partial charge in [0.05, 0.1) is 30.1 Å². The number of hydrogen-bond acceptors (Lipinski definition) is 4. The lowest BCUT2D eigenvalue weighted by molar-refractivity contribution is -0.116.